The van der Waals surface area contributed by atoms with Crippen LogP contribution in [0, 0.1) is 68.5 Å². The Bertz CT molecular complexity index is 2360. The van der Waals surface area contributed by atoms with Gasteiger partial charge in [0.25, 0.3) is 0 Å². The number of hydrogen-bond acceptors (Lipinski definition) is 17. The first-order valence-electron chi connectivity index (χ1n) is 33.1. The van der Waals surface area contributed by atoms with E-state index in [1.54, 1.807) is 39.5 Å². The van der Waals surface area contributed by atoms with E-state index < -0.39 is 46.2 Å². The van der Waals surface area contributed by atoms with E-state index in [1.165, 1.54) is 43.4 Å². The first kappa shape index (κ1) is 71.3. The molecule has 0 aromatic heterocycles. The summed E-state index contributed by atoms with van der Waals surface area (Å²) in [5.41, 5.74) is -3.27. The molecule has 12 rings (SSSR count). The maximum absolute atomic E-state index is 12.6. The first-order chi connectivity index (χ1) is 40.1. The largest absolute Gasteiger partial charge is 0.463 e. The van der Waals surface area contributed by atoms with Crippen molar-refractivity contribution in [1.29, 1.82) is 0 Å². The molecule has 2 amide bonds. The molecule has 0 spiro atoms. The van der Waals surface area contributed by atoms with Crippen LogP contribution in [0.2, 0.25) is 0 Å². The van der Waals surface area contributed by atoms with E-state index in [-0.39, 0.29) is 76.3 Å². The molecule has 86 heavy (non-hydrogen) atoms. The van der Waals surface area contributed by atoms with Crippen LogP contribution < -0.4 is 0 Å². The van der Waals surface area contributed by atoms with Crippen LogP contribution in [0.3, 0.4) is 0 Å². The number of aliphatic hydroxyl groups is 1. The molecule has 6 atom stereocenters. The van der Waals surface area contributed by atoms with Crippen molar-refractivity contribution in [3.63, 3.8) is 0 Å². The molecule has 17 nitrogen and oxygen atoms in total. The van der Waals surface area contributed by atoms with Gasteiger partial charge in [0.05, 0.1) is 58.2 Å². The molecule has 18 heteroatoms. The van der Waals surface area contributed by atoms with Gasteiger partial charge < -0.3 is 38.3 Å². The van der Waals surface area contributed by atoms with Crippen molar-refractivity contribution < 1.29 is 76.6 Å². The van der Waals surface area contributed by atoms with Crippen molar-refractivity contribution in [3.8, 4) is 0 Å². The number of amides is 2. The highest BCUT2D eigenvalue weighted by Crippen LogP contribution is 2.62. The molecule has 9 saturated carbocycles. The highest BCUT2D eigenvalue weighted by molar-refractivity contribution is 7.99. The van der Waals surface area contributed by atoms with Gasteiger partial charge in [0, 0.05) is 24.0 Å². The SMILES string of the molecule is CCC(C)(C)C(=O)N1C(=O)C2CCCC21.CCC(C)(C)C(=O)OC1(CC)C2CC3CC(C2)CC1C3.CCC(C)(C)C(=O)OC12CC3CC(CC(O)(C3)C1)C2.CCC(C)(C)C(=O)OC1CCOC1=O.CCC(C)(C)C(=O)OCC(=O)OC1CSCCO1. The smallest absolute Gasteiger partial charge is 0.347 e. The van der Waals surface area contributed by atoms with Gasteiger partial charge >= 0.3 is 35.8 Å². The fourth-order valence-corrected chi connectivity index (χ4v) is 15.4. The summed E-state index contributed by atoms with van der Waals surface area (Å²) in [5.74, 6) is 4.29. The van der Waals surface area contributed by atoms with E-state index in [4.69, 9.17) is 33.2 Å². The lowest BCUT2D eigenvalue weighted by Gasteiger charge is -2.60. The van der Waals surface area contributed by atoms with Crippen LogP contribution in [0.5, 0.6) is 0 Å². The van der Waals surface area contributed by atoms with Crippen LogP contribution >= 0.6 is 11.8 Å². The van der Waals surface area contributed by atoms with E-state index in [2.05, 4.69) is 13.8 Å². The van der Waals surface area contributed by atoms with Crippen molar-refractivity contribution in [2.24, 2.45) is 68.5 Å². The normalized spacial score (nSPS) is 32.8. The summed E-state index contributed by atoms with van der Waals surface area (Å²) >= 11 is 1.67. The van der Waals surface area contributed by atoms with Crippen LogP contribution in [0.1, 0.15) is 246 Å². The zero-order valence-corrected chi connectivity index (χ0v) is 56.4. The third kappa shape index (κ3) is 16.8. The molecule has 0 aromatic rings. The van der Waals surface area contributed by atoms with Gasteiger partial charge in [-0.05, 0) is 206 Å². The summed E-state index contributed by atoms with van der Waals surface area (Å²) in [6.45, 7) is 31.7. The van der Waals surface area contributed by atoms with E-state index in [0.29, 0.717) is 68.3 Å². The molecule has 3 aliphatic heterocycles. The summed E-state index contributed by atoms with van der Waals surface area (Å²) in [6.07, 6.45) is 19.5. The quantitative estimate of drug-likeness (QED) is 0.0811. The maximum atomic E-state index is 12.6. The molecular formula is C68H111NO16S. The Morgan fingerprint density at radius 2 is 1.12 bits per heavy atom. The summed E-state index contributed by atoms with van der Waals surface area (Å²) in [5, 5.41) is 10.6. The average Bonchev–Trinajstić information content (AvgIpc) is 1.00. The molecule has 0 radical (unpaired) electrons. The number of cyclic esters (lactones) is 1. The first-order valence-corrected chi connectivity index (χ1v) is 34.2. The monoisotopic (exact) mass is 1230 g/mol. The minimum absolute atomic E-state index is 0.0261. The maximum Gasteiger partial charge on any atom is 0.347 e. The summed E-state index contributed by atoms with van der Waals surface area (Å²) < 4.78 is 37.2. The highest BCUT2D eigenvalue weighted by Gasteiger charge is 2.61. The lowest BCUT2D eigenvalue weighted by atomic mass is 9.49. The Morgan fingerprint density at radius 3 is 1.59 bits per heavy atom. The number of carbonyl (C=O) groups is 8. The summed E-state index contributed by atoms with van der Waals surface area (Å²) in [7, 11) is 0. The number of hydrogen-bond donors (Lipinski definition) is 1. The predicted molar refractivity (Wildman–Crippen MR) is 328 cm³/mol. The molecular weight excluding hydrogens is 1120 g/mol. The van der Waals surface area contributed by atoms with Crippen molar-refractivity contribution in [2.75, 3.05) is 31.3 Å². The Morgan fingerprint density at radius 1 is 0.605 bits per heavy atom. The van der Waals surface area contributed by atoms with Crippen molar-refractivity contribution in [3.05, 3.63) is 0 Å². The van der Waals surface area contributed by atoms with Gasteiger partial charge in [0.2, 0.25) is 24.2 Å². The minimum atomic E-state index is -0.687. The Kier molecular flexibility index (Phi) is 23.7. The van der Waals surface area contributed by atoms with Gasteiger partial charge in [-0.1, -0.05) is 61.8 Å². The minimum Gasteiger partial charge on any atom is -0.463 e. The van der Waals surface area contributed by atoms with E-state index in [9.17, 15) is 43.5 Å². The second kappa shape index (κ2) is 28.6. The topological polar surface area (TPSA) is 225 Å². The van der Waals surface area contributed by atoms with Crippen molar-refractivity contribution in [1.82, 2.24) is 4.90 Å². The van der Waals surface area contributed by atoms with Crippen LogP contribution in [-0.4, -0.2) is 124 Å². The van der Waals surface area contributed by atoms with Gasteiger partial charge in [-0.2, -0.15) is 11.8 Å². The van der Waals surface area contributed by atoms with Crippen molar-refractivity contribution >= 4 is 59.4 Å². The lowest BCUT2D eigenvalue weighted by Crippen LogP contribution is -2.63. The Hall–Kier alpha value is -3.77. The van der Waals surface area contributed by atoms with Crippen molar-refractivity contribution in [2.45, 2.75) is 281 Å². The number of nitrogens with zero attached hydrogens (tertiary/aromatic N) is 1. The van der Waals surface area contributed by atoms with E-state index in [0.717, 1.165) is 88.2 Å². The Labute approximate surface area is 519 Å². The number of likely N-dealkylation sites (tertiary alicyclic amines) is 1. The molecule has 1 N–H and O–H groups in total. The second-order valence-corrected chi connectivity index (χ2v) is 31.5. The molecule has 9 aliphatic carbocycles. The number of rotatable bonds is 17. The van der Waals surface area contributed by atoms with Crippen LogP contribution in [0.4, 0.5) is 0 Å². The number of thioether (sulfide) groups is 1. The zero-order chi connectivity index (χ0) is 64.0. The second-order valence-electron chi connectivity index (χ2n) is 30.4. The zero-order valence-electron chi connectivity index (χ0n) is 55.6. The lowest BCUT2D eigenvalue weighted by molar-refractivity contribution is -0.225. The molecule has 12 aliphatic rings. The van der Waals surface area contributed by atoms with E-state index >= 15 is 0 Å². The number of esters is 6. The Balaban J connectivity index is 0.000000173. The highest BCUT2D eigenvalue weighted by atomic mass is 32.2. The summed E-state index contributed by atoms with van der Waals surface area (Å²) in [4.78, 5) is 96.1. The van der Waals surface area contributed by atoms with Gasteiger partial charge in [-0.25, -0.2) is 9.59 Å². The predicted octanol–water partition coefficient (Wildman–Crippen LogP) is 12.5. The molecule has 6 unspecified atom stereocenters. The number of carbonyl (C=O) groups excluding carboxylic acids is 8. The average molecular weight is 1230 g/mol. The molecule has 8 bridgehead atoms. The van der Waals surface area contributed by atoms with Crippen LogP contribution in [0.15, 0.2) is 0 Å². The third-order valence-electron chi connectivity index (χ3n) is 21.9. The number of fused-ring (bicyclic) bond motifs is 1. The van der Waals surface area contributed by atoms with Gasteiger partial charge in [-0.15, -0.1) is 0 Å². The van der Waals surface area contributed by atoms with Gasteiger partial charge in [0.1, 0.15) is 11.2 Å². The van der Waals surface area contributed by atoms with Crippen LogP contribution in [0.25, 0.3) is 0 Å². The number of β-lactam (4-membered cyclic amide) rings is 1. The fourth-order valence-electron chi connectivity index (χ4n) is 14.7. The third-order valence-corrected chi connectivity index (χ3v) is 22.9. The van der Waals surface area contributed by atoms with Gasteiger partial charge in [0.15, 0.2) is 6.61 Å². The van der Waals surface area contributed by atoms with Crippen LogP contribution in [-0.2, 0) is 71.5 Å². The molecule has 490 valence electrons. The number of imide groups is 1. The standard InChI is InChI=1S/C18H30O2.C16H26O3.C12H19NO2.C12H20O5S.C10H16O4/c1-5-17(3,4)16(19)20-18(6-2)14-8-12-7-13(10-14)11-15(18)9-12;1-4-14(2,3)13(17)19-16-8-11-5-12(9-16)7-15(18,6-11)10-16;1-4-12(2,3)11(15)13-9-7-5-6-8(9)10(13)14;1-4-12(2,3)11(14)16-7-9(13)17-10-8-18-6-5-15-10;1-4-10(2,3)9(12)14-7-5-6-13-8(7)11/h12-15H,5-11H2,1-4H3;11-12,18H,4-10H2,1-3H3;8-9H,4-7H2,1-3H3;10H,4-8H2,1-3H3;7H,4-6H2,1-3H3. The fraction of sp³-hybridized carbons (Fsp3) is 0.882. The van der Waals surface area contributed by atoms with E-state index in [1.807, 2.05) is 69.2 Å². The van der Waals surface area contributed by atoms with Gasteiger partial charge in [-0.3, -0.25) is 33.7 Å². The summed E-state index contributed by atoms with van der Waals surface area (Å²) in [6, 6.07) is 0.232. The molecule has 3 heterocycles. The molecule has 3 saturated heterocycles. The number of ether oxygens (including phenoxy) is 7. The molecule has 0 aromatic carbocycles. The molecule has 12 fully saturated rings.